The average molecular weight is 249 g/mol. The number of rotatable bonds is 3. The van der Waals surface area contributed by atoms with Crippen molar-refractivity contribution >= 4 is 11.7 Å². The van der Waals surface area contributed by atoms with E-state index in [0.717, 1.165) is 10.9 Å². The van der Waals surface area contributed by atoms with E-state index in [-0.39, 0.29) is 11.4 Å². The van der Waals surface area contributed by atoms with Gasteiger partial charge in [0.2, 0.25) is 0 Å². The molecular formula is C10H7N3O5. The lowest BCUT2D eigenvalue weighted by Gasteiger charge is -2.00. The summed E-state index contributed by atoms with van der Waals surface area (Å²) < 4.78 is 0.927. The Morgan fingerprint density at radius 2 is 2.17 bits per heavy atom. The van der Waals surface area contributed by atoms with E-state index in [1.165, 1.54) is 24.3 Å². The molecule has 2 aromatic rings. The second-order valence-corrected chi connectivity index (χ2v) is 3.41. The highest BCUT2D eigenvalue weighted by atomic mass is 16.6. The second-order valence-electron chi connectivity index (χ2n) is 3.41. The molecule has 1 heterocycles. The van der Waals surface area contributed by atoms with Crippen molar-refractivity contribution in [2.75, 3.05) is 0 Å². The Bertz CT molecular complexity index is 685. The summed E-state index contributed by atoms with van der Waals surface area (Å²) in [6.07, 6.45) is 1.03. The number of benzene rings is 1. The third-order valence-corrected chi connectivity index (χ3v) is 2.30. The third-order valence-electron chi connectivity index (χ3n) is 2.30. The number of nitrogens with one attached hydrogen (secondary N) is 1. The van der Waals surface area contributed by atoms with Crippen LogP contribution in [0.1, 0.15) is 10.4 Å². The SMILES string of the molecule is O=C(O)c1c[nH]n(-c2cccc([N+](=O)[O-])c2)c1=O. The van der Waals surface area contributed by atoms with Gasteiger partial charge in [0, 0.05) is 18.3 Å². The number of carboxylic acids is 1. The molecule has 0 aliphatic rings. The van der Waals surface area contributed by atoms with E-state index in [2.05, 4.69) is 5.10 Å². The van der Waals surface area contributed by atoms with Crippen molar-refractivity contribution < 1.29 is 14.8 Å². The molecule has 0 radical (unpaired) electrons. The molecule has 0 saturated heterocycles. The molecule has 0 saturated carbocycles. The van der Waals surface area contributed by atoms with Crippen LogP contribution < -0.4 is 5.56 Å². The van der Waals surface area contributed by atoms with Gasteiger partial charge in [-0.3, -0.25) is 20.0 Å². The van der Waals surface area contributed by atoms with Crippen molar-refractivity contribution in [3.63, 3.8) is 0 Å². The minimum Gasteiger partial charge on any atom is -0.477 e. The number of aromatic carboxylic acids is 1. The van der Waals surface area contributed by atoms with E-state index in [0.29, 0.717) is 0 Å². The maximum atomic E-state index is 11.7. The van der Waals surface area contributed by atoms with E-state index in [1.54, 1.807) is 0 Å². The van der Waals surface area contributed by atoms with E-state index in [9.17, 15) is 19.7 Å². The van der Waals surface area contributed by atoms with E-state index >= 15 is 0 Å². The van der Waals surface area contributed by atoms with Gasteiger partial charge in [-0.25, -0.2) is 9.48 Å². The molecule has 2 rings (SSSR count). The zero-order valence-electron chi connectivity index (χ0n) is 8.86. The number of nitro benzene ring substituents is 1. The lowest BCUT2D eigenvalue weighted by molar-refractivity contribution is -0.384. The van der Waals surface area contributed by atoms with Crippen LogP contribution >= 0.6 is 0 Å². The molecule has 1 aromatic heterocycles. The summed E-state index contributed by atoms with van der Waals surface area (Å²) in [6.45, 7) is 0. The fourth-order valence-corrected chi connectivity index (χ4v) is 1.46. The zero-order chi connectivity index (χ0) is 13.3. The summed E-state index contributed by atoms with van der Waals surface area (Å²) in [7, 11) is 0. The maximum absolute atomic E-state index is 11.7. The first-order valence-electron chi connectivity index (χ1n) is 4.79. The second kappa shape index (κ2) is 4.17. The van der Waals surface area contributed by atoms with Gasteiger partial charge < -0.3 is 5.11 Å². The Balaban J connectivity index is 2.56. The fourth-order valence-electron chi connectivity index (χ4n) is 1.46. The summed E-state index contributed by atoms with van der Waals surface area (Å²) in [4.78, 5) is 32.4. The van der Waals surface area contributed by atoms with Gasteiger partial charge in [0.15, 0.2) is 0 Å². The van der Waals surface area contributed by atoms with Gasteiger partial charge in [0.1, 0.15) is 5.56 Å². The minimum absolute atomic E-state index is 0.189. The van der Waals surface area contributed by atoms with Crippen LogP contribution in [0.25, 0.3) is 5.69 Å². The summed E-state index contributed by atoms with van der Waals surface area (Å²) in [5.41, 5.74) is -1.20. The number of carbonyl (C=O) groups is 1. The molecule has 0 aliphatic heterocycles. The van der Waals surface area contributed by atoms with Crippen molar-refractivity contribution in [3.8, 4) is 5.69 Å². The molecule has 0 atom stereocenters. The highest BCUT2D eigenvalue weighted by Crippen LogP contribution is 2.14. The van der Waals surface area contributed by atoms with Crippen LogP contribution in [-0.4, -0.2) is 25.8 Å². The first-order valence-corrected chi connectivity index (χ1v) is 4.79. The molecule has 0 amide bonds. The third kappa shape index (κ3) is 1.86. The normalized spacial score (nSPS) is 10.2. The number of nitro groups is 1. The molecule has 18 heavy (non-hydrogen) atoms. The molecule has 2 N–H and O–H groups in total. The van der Waals surface area contributed by atoms with Gasteiger partial charge in [-0.15, -0.1) is 0 Å². The summed E-state index contributed by atoms with van der Waals surface area (Å²) >= 11 is 0. The first-order chi connectivity index (χ1) is 8.50. The molecule has 8 heteroatoms. The number of non-ortho nitro benzene ring substituents is 1. The number of hydrogen-bond donors (Lipinski definition) is 2. The van der Waals surface area contributed by atoms with Gasteiger partial charge in [-0.2, -0.15) is 0 Å². The van der Waals surface area contributed by atoms with Crippen LogP contribution in [-0.2, 0) is 0 Å². The largest absolute Gasteiger partial charge is 0.477 e. The molecule has 0 bridgehead atoms. The number of nitrogens with zero attached hydrogens (tertiary/aromatic N) is 2. The van der Waals surface area contributed by atoms with E-state index in [1.807, 2.05) is 0 Å². The van der Waals surface area contributed by atoms with E-state index in [4.69, 9.17) is 5.11 Å². The topological polar surface area (TPSA) is 118 Å². The van der Waals surface area contributed by atoms with Gasteiger partial charge in [0.25, 0.3) is 11.2 Å². The number of carboxylic acid groups (broad SMARTS) is 1. The van der Waals surface area contributed by atoms with Gasteiger partial charge in [0.05, 0.1) is 10.6 Å². The molecule has 8 nitrogen and oxygen atoms in total. The molecule has 92 valence electrons. The molecule has 0 aliphatic carbocycles. The lowest BCUT2D eigenvalue weighted by atomic mass is 10.3. The standard InChI is InChI=1S/C10H7N3O5/c14-9-8(10(15)16)5-11-12(9)6-2-1-3-7(4-6)13(17)18/h1-5,11H,(H,15,16). The minimum atomic E-state index is -1.36. The van der Waals surface area contributed by atoms with Crippen molar-refractivity contribution in [2.24, 2.45) is 0 Å². The molecule has 0 unspecified atom stereocenters. The Morgan fingerprint density at radius 1 is 1.44 bits per heavy atom. The smallest absolute Gasteiger partial charge is 0.342 e. The fraction of sp³-hybridized carbons (Fsp3) is 0. The highest BCUT2D eigenvalue weighted by Gasteiger charge is 2.15. The highest BCUT2D eigenvalue weighted by molar-refractivity contribution is 5.86. The summed E-state index contributed by atoms with van der Waals surface area (Å²) in [5.74, 6) is -1.36. The lowest BCUT2D eigenvalue weighted by Crippen LogP contribution is -2.19. The number of hydrogen-bond acceptors (Lipinski definition) is 4. The van der Waals surface area contributed by atoms with Gasteiger partial charge in [-0.05, 0) is 6.07 Å². The van der Waals surface area contributed by atoms with Crippen LogP contribution in [0.2, 0.25) is 0 Å². The summed E-state index contributed by atoms with van der Waals surface area (Å²) in [5, 5.41) is 21.8. The van der Waals surface area contributed by atoms with Crippen molar-refractivity contribution in [1.29, 1.82) is 0 Å². The van der Waals surface area contributed by atoms with Crippen LogP contribution in [0.5, 0.6) is 0 Å². The number of aromatic nitrogens is 2. The number of aromatic amines is 1. The van der Waals surface area contributed by atoms with Gasteiger partial charge in [-0.1, -0.05) is 6.07 Å². The Hall–Kier alpha value is -2.90. The van der Waals surface area contributed by atoms with Crippen LogP contribution in [0.3, 0.4) is 0 Å². The monoisotopic (exact) mass is 249 g/mol. The van der Waals surface area contributed by atoms with Crippen LogP contribution in [0.4, 0.5) is 5.69 Å². The Morgan fingerprint density at radius 3 is 2.72 bits per heavy atom. The Labute approximate surface area is 99.2 Å². The average Bonchev–Trinajstić information content (AvgIpc) is 2.71. The predicted molar refractivity (Wildman–Crippen MR) is 60.0 cm³/mol. The van der Waals surface area contributed by atoms with Crippen LogP contribution in [0.15, 0.2) is 35.3 Å². The molecule has 0 spiro atoms. The molecule has 1 aromatic carbocycles. The zero-order valence-corrected chi connectivity index (χ0v) is 8.86. The van der Waals surface area contributed by atoms with E-state index < -0.39 is 22.0 Å². The van der Waals surface area contributed by atoms with Gasteiger partial charge >= 0.3 is 5.97 Å². The van der Waals surface area contributed by atoms with Crippen molar-refractivity contribution in [1.82, 2.24) is 9.78 Å². The maximum Gasteiger partial charge on any atom is 0.342 e. The summed E-state index contributed by atoms with van der Waals surface area (Å²) in [6, 6.07) is 5.30. The van der Waals surface area contributed by atoms with Crippen molar-refractivity contribution in [3.05, 3.63) is 56.5 Å². The van der Waals surface area contributed by atoms with Crippen molar-refractivity contribution in [2.45, 2.75) is 0 Å². The predicted octanol–water partition coefficient (Wildman–Crippen LogP) is 0.772. The Kier molecular flexibility index (Phi) is 2.68. The number of H-pyrrole nitrogens is 1. The molecular weight excluding hydrogens is 242 g/mol. The quantitative estimate of drug-likeness (QED) is 0.615. The van der Waals surface area contributed by atoms with Crippen LogP contribution in [0, 0.1) is 10.1 Å². The first kappa shape index (κ1) is 11.6. The molecule has 0 fully saturated rings.